The molecule has 0 aliphatic rings. The molecule has 0 unspecified atom stereocenters. The fraction of sp³-hybridized carbons (Fsp3) is 0. The SMILES string of the molecule is c1ccc([Si](c2ccccc2)(c2ccccc2)c2ccc(-c3ccc(N(c4ccc(-n5c6ccccc6c6ccccc65)cc4)c4ccc5c(c4)oc4ccccc45)cc3)cc2)cc1. The number of rotatable bonds is 9. The van der Waals surface area contributed by atoms with Gasteiger partial charge < -0.3 is 13.9 Å². The summed E-state index contributed by atoms with van der Waals surface area (Å²) in [4.78, 5) is 2.33. The van der Waals surface area contributed by atoms with Gasteiger partial charge in [0, 0.05) is 50.4 Å². The molecule has 0 saturated carbocycles. The second kappa shape index (κ2) is 15.6. The fourth-order valence-electron chi connectivity index (χ4n) is 10.0. The molecule has 302 valence electrons. The second-order valence-electron chi connectivity index (χ2n) is 16.5. The summed E-state index contributed by atoms with van der Waals surface area (Å²) in [5.41, 5.74) is 10.7. The van der Waals surface area contributed by atoms with Gasteiger partial charge in [-0.25, -0.2) is 0 Å². The van der Waals surface area contributed by atoms with Crippen LogP contribution in [0.5, 0.6) is 0 Å². The number of anilines is 3. The molecule has 0 amide bonds. The Morgan fingerprint density at radius 1 is 0.312 bits per heavy atom. The van der Waals surface area contributed by atoms with Gasteiger partial charge in [0.1, 0.15) is 11.2 Å². The summed E-state index contributed by atoms with van der Waals surface area (Å²) in [5.74, 6) is 0. The standard InChI is InChI=1S/C60H42N2OSi/c1-4-16-49(17-5-1)64(50-18-6-2-7-19-50,51-20-8-3-9-21-51)52-39-30-44(31-40-52)43-28-32-45(33-29-43)61(48-38-41-56-55-24-12-15-27-59(55)63-60(56)42-48)46-34-36-47(37-35-46)62-57-25-13-10-22-53(57)54-23-11-14-26-58(54)62/h1-42H. The maximum absolute atomic E-state index is 6.43. The molecule has 2 aromatic heterocycles. The number of aromatic nitrogens is 1. The minimum Gasteiger partial charge on any atom is -0.456 e. The van der Waals surface area contributed by atoms with E-state index in [0.29, 0.717) is 0 Å². The van der Waals surface area contributed by atoms with Crippen LogP contribution in [0.1, 0.15) is 0 Å². The first-order valence-electron chi connectivity index (χ1n) is 21.9. The third-order valence-electron chi connectivity index (χ3n) is 13.0. The van der Waals surface area contributed by atoms with Crippen LogP contribution in [0.3, 0.4) is 0 Å². The van der Waals surface area contributed by atoms with E-state index in [1.165, 1.54) is 48.1 Å². The summed E-state index contributed by atoms with van der Waals surface area (Å²) in [5, 5.41) is 10.2. The highest BCUT2D eigenvalue weighted by Crippen LogP contribution is 2.40. The van der Waals surface area contributed by atoms with E-state index in [-0.39, 0.29) is 0 Å². The highest BCUT2D eigenvalue weighted by atomic mass is 28.3. The Kier molecular flexibility index (Phi) is 9.17. The fourth-order valence-corrected chi connectivity index (χ4v) is 14.8. The van der Waals surface area contributed by atoms with Gasteiger partial charge in [-0.3, -0.25) is 0 Å². The smallest absolute Gasteiger partial charge is 0.179 e. The Hall–Kier alpha value is -8.18. The molecular formula is C60H42N2OSi. The topological polar surface area (TPSA) is 21.3 Å². The van der Waals surface area contributed by atoms with Gasteiger partial charge in [-0.05, 0) is 98.6 Å². The lowest BCUT2D eigenvalue weighted by molar-refractivity contribution is 0.669. The zero-order valence-electron chi connectivity index (χ0n) is 35.1. The van der Waals surface area contributed by atoms with Crippen LogP contribution in [0.4, 0.5) is 17.1 Å². The van der Waals surface area contributed by atoms with Crippen molar-refractivity contribution < 1.29 is 4.42 Å². The molecule has 0 spiro atoms. The first-order chi connectivity index (χ1) is 31.7. The zero-order chi connectivity index (χ0) is 42.5. The summed E-state index contributed by atoms with van der Waals surface area (Å²) >= 11 is 0. The number of nitrogens with zero attached hydrogens (tertiary/aromatic N) is 2. The molecule has 0 atom stereocenters. The Morgan fingerprint density at radius 3 is 1.27 bits per heavy atom. The molecule has 2 heterocycles. The predicted octanol–water partition coefficient (Wildman–Crippen LogP) is 13.2. The second-order valence-corrected chi connectivity index (χ2v) is 20.3. The monoisotopic (exact) mass is 834 g/mol. The van der Waals surface area contributed by atoms with Crippen molar-refractivity contribution in [2.24, 2.45) is 0 Å². The largest absolute Gasteiger partial charge is 0.456 e. The number of hydrogen-bond acceptors (Lipinski definition) is 2. The van der Waals surface area contributed by atoms with E-state index in [1.807, 2.05) is 12.1 Å². The van der Waals surface area contributed by atoms with Gasteiger partial charge in [0.05, 0.1) is 11.0 Å². The van der Waals surface area contributed by atoms with Crippen LogP contribution >= 0.6 is 0 Å². The lowest BCUT2D eigenvalue weighted by Gasteiger charge is -2.34. The van der Waals surface area contributed by atoms with E-state index in [4.69, 9.17) is 4.42 Å². The van der Waals surface area contributed by atoms with E-state index in [9.17, 15) is 0 Å². The summed E-state index contributed by atoms with van der Waals surface area (Å²) in [7, 11) is -2.62. The molecule has 0 radical (unpaired) electrons. The quantitative estimate of drug-likeness (QED) is 0.107. The Labute approximate surface area is 373 Å². The number of hydrogen-bond donors (Lipinski definition) is 0. The van der Waals surface area contributed by atoms with E-state index in [0.717, 1.165) is 50.3 Å². The Bertz CT molecular complexity index is 3430. The summed E-state index contributed by atoms with van der Waals surface area (Å²) < 4.78 is 8.80. The Balaban J connectivity index is 0.944. The van der Waals surface area contributed by atoms with Crippen LogP contribution in [0.2, 0.25) is 0 Å². The first-order valence-corrected chi connectivity index (χ1v) is 23.9. The molecule has 0 aliphatic heterocycles. The minimum absolute atomic E-state index is 0.864. The number of fused-ring (bicyclic) bond motifs is 6. The normalized spacial score (nSPS) is 11.8. The van der Waals surface area contributed by atoms with Gasteiger partial charge in [0.15, 0.2) is 8.07 Å². The van der Waals surface area contributed by atoms with Crippen LogP contribution in [0, 0.1) is 0 Å². The summed E-state index contributed by atoms with van der Waals surface area (Å²) in [6.45, 7) is 0. The van der Waals surface area contributed by atoms with Crippen molar-refractivity contribution in [1.29, 1.82) is 0 Å². The molecule has 10 aromatic carbocycles. The summed E-state index contributed by atoms with van der Waals surface area (Å²) in [6, 6.07) is 92.7. The van der Waals surface area contributed by atoms with Crippen LogP contribution in [-0.4, -0.2) is 12.6 Å². The highest BCUT2D eigenvalue weighted by Gasteiger charge is 2.41. The van der Waals surface area contributed by atoms with E-state index in [2.05, 4.69) is 252 Å². The Morgan fingerprint density at radius 2 is 0.719 bits per heavy atom. The van der Waals surface area contributed by atoms with Crippen molar-refractivity contribution in [2.45, 2.75) is 0 Å². The molecule has 4 heteroatoms. The lowest BCUT2D eigenvalue weighted by atomic mass is 10.0. The van der Waals surface area contributed by atoms with E-state index >= 15 is 0 Å². The van der Waals surface area contributed by atoms with Gasteiger partial charge in [-0.2, -0.15) is 0 Å². The van der Waals surface area contributed by atoms with Crippen molar-refractivity contribution in [2.75, 3.05) is 4.90 Å². The van der Waals surface area contributed by atoms with E-state index in [1.54, 1.807) is 0 Å². The third-order valence-corrected chi connectivity index (χ3v) is 17.8. The van der Waals surface area contributed by atoms with Crippen molar-refractivity contribution in [3.63, 3.8) is 0 Å². The zero-order valence-corrected chi connectivity index (χ0v) is 36.1. The van der Waals surface area contributed by atoms with Crippen molar-refractivity contribution in [1.82, 2.24) is 4.57 Å². The maximum Gasteiger partial charge on any atom is 0.179 e. The van der Waals surface area contributed by atoms with Crippen LogP contribution < -0.4 is 25.6 Å². The van der Waals surface area contributed by atoms with Gasteiger partial charge in [-0.15, -0.1) is 0 Å². The van der Waals surface area contributed by atoms with Crippen molar-refractivity contribution >= 4 is 89.6 Å². The molecule has 3 nitrogen and oxygen atoms in total. The average molecular weight is 835 g/mol. The molecule has 0 N–H and O–H groups in total. The van der Waals surface area contributed by atoms with Crippen LogP contribution in [-0.2, 0) is 0 Å². The lowest BCUT2D eigenvalue weighted by Crippen LogP contribution is -2.74. The molecule has 0 fully saturated rings. The van der Waals surface area contributed by atoms with Gasteiger partial charge in [-0.1, -0.05) is 182 Å². The van der Waals surface area contributed by atoms with Crippen LogP contribution in [0.15, 0.2) is 259 Å². The molecule has 12 aromatic rings. The van der Waals surface area contributed by atoms with Crippen molar-refractivity contribution in [3.8, 4) is 16.8 Å². The number of benzene rings is 10. The molecule has 12 rings (SSSR count). The summed E-state index contributed by atoms with van der Waals surface area (Å²) in [6.07, 6.45) is 0. The van der Waals surface area contributed by atoms with Gasteiger partial charge >= 0.3 is 0 Å². The van der Waals surface area contributed by atoms with Crippen molar-refractivity contribution in [3.05, 3.63) is 255 Å². The first kappa shape index (κ1) is 37.6. The number of para-hydroxylation sites is 3. The minimum atomic E-state index is -2.62. The molecule has 0 bridgehead atoms. The van der Waals surface area contributed by atoms with E-state index < -0.39 is 8.07 Å². The van der Waals surface area contributed by atoms with Crippen LogP contribution in [0.25, 0.3) is 60.6 Å². The highest BCUT2D eigenvalue weighted by molar-refractivity contribution is 7.19. The van der Waals surface area contributed by atoms with Gasteiger partial charge in [0.2, 0.25) is 0 Å². The number of furan rings is 1. The molecule has 64 heavy (non-hydrogen) atoms. The average Bonchev–Trinajstić information content (AvgIpc) is 3.92. The van der Waals surface area contributed by atoms with Gasteiger partial charge in [0.25, 0.3) is 0 Å². The molecule has 0 saturated heterocycles. The maximum atomic E-state index is 6.43. The molecule has 0 aliphatic carbocycles. The predicted molar refractivity (Wildman–Crippen MR) is 272 cm³/mol. The third kappa shape index (κ3) is 6.18. The molecular weight excluding hydrogens is 793 g/mol.